The molecular weight excluding hydrogens is 515 g/mol. The quantitative estimate of drug-likeness (QED) is 0.296. The van der Waals surface area contributed by atoms with Crippen LogP contribution in [-0.2, 0) is 14.3 Å². The zero-order valence-corrected chi connectivity index (χ0v) is 23.9. The molecule has 2 amide bonds. The van der Waals surface area contributed by atoms with Crippen LogP contribution in [0.5, 0.6) is 0 Å². The number of unbranched alkanes of at least 4 members (excludes halogenated alkanes) is 2. The van der Waals surface area contributed by atoms with Gasteiger partial charge in [0.2, 0.25) is 5.91 Å². The monoisotopic (exact) mass is 552 g/mol. The number of hydrogen-bond donors (Lipinski definition) is 1. The molecule has 3 heterocycles. The number of hydrogen-bond acceptors (Lipinski definition) is 8. The van der Waals surface area contributed by atoms with Gasteiger partial charge >= 0.3 is 5.97 Å². The predicted octanol–water partition coefficient (Wildman–Crippen LogP) is 5.40. The van der Waals surface area contributed by atoms with E-state index >= 15 is 0 Å². The molecule has 11 heteroatoms. The first-order valence-electron chi connectivity index (χ1n) is 12.7. The highest BCUT2D eigenvalue weighted by molar-refractivity contribution is 7.14. The SMILES string of the molecule is CCCCCN(CC(=O)OC(C)(C)C)CC(=O)N1CCCC1c1cc(C(=O)Nc2ncc(F)s2)c(C)s1. The fraction of sp³-hybridized carbons (Fsp3) is 0.615. The van der Waals surface area contributed by atoms with E-state index in [2.05, 4.69) is 17.2 Å². The van der Waals surface area contributed by atoms with Gasteiger partial charge in [-0.05, 0) is 59.6 Å². The smallest absolute Gasteiger partial charge is 0.320 e. The Balaban J connectivity index is 1.68. The van der Waals surface area contributed by atoms with Gasteiger partial charge in [0.1, 0.15) is 5.60 Å². The van der Waals surface area contributed by atoms with Crippen LogP contribution in [-0.4, -0.2) is 64.3 Å². The number of nitrogens with zero attached hydrogens (tertiary/aromatic N) is 3. The van der Waals surface area contributed by atoms with Gasteiger partial charge in [0.25, 0.3) is 5.91 Å². The molecule has 0 radical (unpaired) electrons. The van der Waals surface area contributed by atoms with E-state index in [9.17, 15) is 18.8 Å². The largest absolute Gasteiger partial charge is 0.459 e. The van der Waals surface area contributed by atoms with Crippen molar-refractivity contribution in [2.45, 2.75) is 78.4 Å². The molecule has 3 rings (SSSR count). The van der Waals surface area contributed by atoms with E-state index in [0.29, 0.717) is 18.7 Å². The number of rotatable bonds is 11. The first-order chi connectivity index (χ1) is 17.5. The number of likely N-dealkylation sites (tertiary alicyclic amines) is 1. The number of aromatic nitrogens is 1. The molecule has 2 aromatic rings. The Bertz CT molecular complexity index is 1090. The summed E-state index contributed by atoms with van der Waals surface area (Å²) < 4.78 is 18.7. The zero-order valence-electron chi connectivity index (χ0n) is 22.3. The van der Waals surface area contributed by atoms with Gasteiger partial charge in [-0.25, -0.2) is 4.98 Å². The van der Waals surface area contributed by atoms with Gasteiger partial charge in [-0.2, -0.15) is 4.39 Å². The van der Waals surface area contributed by atoms with Crippen molar-refractivity contribution in [3.05, 3.63) is 32.7 Å². The van der Waals surface area contributed by atoms with Crippen molar-refractivity contribution in [1.82, 2.24) is 14.8 Å². The summed E-state index contributed by atoms with van der Waals surface area (Å²) in [6.45, 7) is 11.0. The van der Waals surface area contributed by atoms with Gasteiger partial charge in [0, 0.05) is 16.3 Å². The van der Waals surface area contributed by atoms with E-state index in [1.54, 1.807) is 0 Å². The fourth-order valence-electron chi connectivity index (χ4n) is 4.37. The molecule has 37 heavy (non-hydrogen) atoms. The summed E-state index contributed by atoms with van der Waals surface area (Å²) in [5.41, 5.74) is -0.0774. The highest BCUT2D eigenvalue weighted by Crippen LogP contribution is 2.38. The molecule has 0 aromatic carbocycles. The van der Waals surface area contributed by atoms with Crippen LogP contribution in [0.1, 0.15) is 86.0 Å². The summed E-state index contributed by atoms with van der Waals surface area (Å²) in [5.74, 6) is -0.707. The number of amides is 2. The molecule has 1 aliphatic rings. The Morgan fingerprint density at radius 2 is 2.00 bits per heavy atom. The Kier molecular flexibility index (Phi) is 10.2. The summed E-state index contributed by atoms with van der Waals surface area (Å²) in [4.78, 5) is 48.0. The minimum Gasteiger partial charge on any atom is -0.459 e. The zero-order chi connectivity index (χ0) is 27.2. The van der Waals surface area contributed by atoms with Crippen molar-refractivity contribution < 1.29 is 23.5 Å². The number of nitrogens with one attached hydrogen (secondary N) is 1. The molecule has 0 aliphatic carbocycles. The summed E-state index contributed by atoms with van der Waals surface area (Å²) in [5, 5.41) is 2.39. The van der Waals surface area contributed by atoms with Crippen molar-refractivity contribution in [2.24, 2.45) is 0 Å². The van der Waals surface area contributed by atoms with Crippen LogP contribution in [0.2, 0.25) is 0 Å². The number of halogens is 1. The number of thiazole rings is 1. The lowest BCUT2D eigenvalue weighted by molar-refractivity contribution is -0.156. The molecule has 0 spiro atoms. The molecule has 1 aliphatic heterocycles. The Morgan fingerprint density at radius 1 is 1.24 bits per heavy atom. The first kappa shape index (κ1) is 29.2. The molecule has 2 aromatic heterocycles. The second-order valence-corrected chi connectivity index (χ2v) is 12.6. The number of thiophene rings is 1. The van der Waals surface area contributed by atoms with Crippen LogP contribution in [0.4, 0.5) is 9.52 Å². The van der Waals surface area contributed by atoms with E-state index < -0.39 is 10.7 Å². The Morgan fingerprint density at radius 3 is 2.65 bits per heavy atom. The molecule has 1 atom stereocenters. The van der Waals surface area contributed by atoms with Crippen molar-refractivity contribution in [3.63, 3.8) is 0 Å². The first-order valence-corrected chi connectivity index (χ1v) is 14.4. The van der Waals surface area contributed by atoms with Gasteiger partial charge in [0.15, 0.2) is 10.3 Å². The summed E-state index contributed by atoms with van der Waals surface area (Å²) >= 11 is 2.27. The third-order valence-corrected chi connectivity index (χ3v) is 7.84. The van der Waals surface area contributed by atoms with Crippen molar-refractivity contribution >= 4 is 45.6 Å². The number of anilines is 1. The minimum atomic E-state index is -0.578. The van der Waals surface area contributed by atoms with Gasteiger partial charge < -0.3 is 9.64 Å². The van der Waals surface area contributed by atoms with Gasteiger partial charge in [-0.3, -0.25) is 24.6 Å². The fourth-order valence-corrected chi connectivity index (χ4v) is 6.08. The van der Waals surface area contributed by atoms with E-state index in [-0.39, 0.29) is 42.0 Å². The topological polar surface area (TPSA) is 91.8 Å². The van der Waals surface area contributed by atoms with Crippen LogP contribution in [0.3, 0.4) is 0 Å². The molecule has 8 nitrogen and oxygen atoms in total. The summed E-state index contributed by atoms with van der Waals surface area (Å²) in [6.07, 6.45) is 5.73. The van der Waals surface area contributed by atoms with Crippen LogP contribution >= 0.6 is 22.7 Å². The summed E-state index contributed by atoms with van der Waals surface area (Å²) in [7, 11) is 0. The molecule has 0 saturated carbocycles. The van der Waals surface area contributed by atoms with Crippen LogP contribution in [0.15, 0.2) is 12.3 Å². The summed E-state index contributed by atoms with van der Waals surface area (Å²) in [6, 6.07) is 1.71. The standard InChI is InChI=1S/C26H37FN4O4S2/c1-6-7-8-11-30(16-23(33)35-26(3,4)5)15-22(32)31-12-9-10-19(31)20-13-18(17(2)36-20)24(34)29-25-28-14-21(27)37-25/h13-14,19H,6-12,15-16H2,1-5H3,(H,28,29,34). The Labute approximate surface area is 226 Å². The maximum atomic E-state index is 13.4. The van der Waals surface area contributed by atoms with E-state index in [0.717, 1.165) is 59.4 Å². The molecule has 1 unspecified atom stereocenters. The number of esters is 1. The van der Waals surface area contributed by atoms with Crippen LogP contribution in [0.25, 0.3) is 0 Å². The lowest BCUT2D eigenvalue weighted by Gasteiger charge is -2.29. The minimum absolute atomic E-state index is 0.0297. The molecule has 1 fully saturated rings. The number of carbonyl (C=O) groups is 3. The number of ether oxygens (including phenoxy) is 1. The van der Waals surface area contributed by atoms with Crippen molar-refractivity contribution in [2.75, 3.05) is 31.5 Å². The van der Waals surface area contributed by atoms with Crippen LogP contribution < -0.4 is 5.32 Å². The molecular formula is C26H37FN4O4S2. The van der Waals surface area contributed by atoms with Crippen LogP contribution in [0, 0.1) is 12.1 Å². The highest BCUT2D eigenvalue weighted by Gasteiger charge is 2.33. The lowest BCUT2D eigenvalue weighted by Crippen LogP contribution is -2.43. The van der Waals surface area contributed by atoms with Gasteiger partial charge in [-0.15, -0.1) is 11.3 Å². The average Bonchev–Trinajstić information content (AvgIpc) is 3.52. The van der Waals surface area contributed by atoms with E-state index in [1.807, 2.05) is 43.6 Å². The predicted molar refractivity (Wildman–Crippen MR) is 145 cm³/mol. The molecule has 1 saturated heterocycles. The van der Waals surface area contributed by atoms with E-state index in [1.165, 1.54) is 11.3 Å². The van der Waals surface area contributed by atoms with Gasteiger partial charge in [-0.1, -0.05) is 31.1 Å². The van der Waals surface area contributed by atoms with E-state index in [4.69, 9.17) is 4.74 Å². The average molecular weight is 553 g/mol. The number of aryl methyl sites for hydroxylation is 1. The second-order valence-electron chi connectivity index (χ2n) is 10.3. The molecule has 204 valence electrons. The second kappa shape index (κ2) is 12.9. The van der Waals surface area contributed by atoms with Gasteiger partial charge in [0.05, 0.1) is 30.9 Å². The third kappa shape index (κ3) is 8.58. The lowest BCUT2D eigenvalue weighted by atomic mass is 10.1. The van der Waals surface area contributed by atoms with Crippen molar-refractivity contribution in [1.29, 1.82) is 0 Å². The maximum absolute atomic E-state index is 13.4. The third-order valence-electron chi connectivity index (χ3n) is 5.99. The number of carbonyl (C=O) groups excluding carboxylic acids is 3. The molecule has 0 bridgehead atoms. The highest BCUT2D eigenvalue weighted by atomic mass is 32.1. The van der Waals surface area contributed by atoms with Crippen molar-refractivity contribution in [3.8, 4) is 0 Å². The maximum Gasteiger partial charge on any atom is 0.320 e. The Hall–Kier alpha value is -2.37. The normalized spacial score (nSPS) is 15.9. The molecule has 1 N–H and O–H groups in total.